The van der Waals surface area contributed by atoms with E-state index in [1.807, 2.05) is 152 Å². The normalized spacial score (nSPS) is 10.2. The van der Waals surface area contributed by atoms with Gasteiger partial charge >= 0.3 is 0 Å². The van der Waals surface area contributed by atoms with Crippen LogP contribution < -0.4 is 0 Å². The lowest BCUT2D eigenvalue weighted by Crippen LogP contribution is -1.84. The first-order valence-electron chi connectivity index (χ1n) is 24.0. The maximum Gasteiger partial charge on any atom is 0.0780 e. The lowest BCUT2D eigenvalue weighted by atomic mass is 10.0. The fourth-order valence-corrected chi connectivity index (χ4v) is 8.13. The summed E-state index contributed by atoms with van der Waals surface area (Å²) in [4.78, 5) is 17.8. The molecule has 0 spiro atoms. The highest BCUT2D eigenvalue weighted by Crippen LogP contribution is 2.27. The number of pyridine rings is 4. The van der Waals surface area contributed by atoms with Crippen molar-refractivity contribution in [3.8, 4) is 56.2 Å². The topological polar surface area (TPSA) is 51.6 Å². The summed E-state index contributed by atoms with van der Waals surface area (Å²) in [5.74, 6) is 0. The molecule has 9 aromatic carbocycles. The van der Waals surface area contributed by atoms with Crippen molar-refractivity contribution in [2.24, 2.45) is 0 Å². The quantitative estimate of drug-likeness (QED) is 0.173. The van der Waals surface area contributed by atoms with Crippen LogP contribution >= 0.6 is 0 Å². The molecule has 0 aliphatic heterocycles. The average molecular weight is 925 g/mol. The molecule has 0 saturated heterocycles. The summed E-state index contributed by atoms with van der Waals surface area (Å²) < 4.78 is 0. The van der Waals surface area contributed by atoms with Crippen molar-refractivity contribution < 1.29 is 0 Å². The molecule has 344 valence electrons. The number of hydrogen-bond donors (Lipinski definition) is 0. The standard InChI is InChI=1S/3C15H11N.C12H10.C11H9N/c2*1-2-7-13(8-3-1)15-14-9-5-4-6-12(14)10-11-16-15;1-2-6-12(7-3-1)15-11-10-13-8-4-5-9-14(13)16-15;1-3-7-11(8-4-1)12-9-5-2-6-10-12;1-2-6-10(7-3-1)11-8-4-5-9-12-11/h3*1-11H;1-10H;1-9H. The Morgan fingerprint density at radius 3 is 1.00 bits per heavy atom. The third-order valence-corrected chi connectivity index (χ3v) is 11.7. The third kappa shape index (κ3) is 12.9. The summed E-state index contributed by atoms with van der Waals surface area (Å²) in [5.41, 5.74) is 12.4. The first-order valence-corrected chi connectivity index (χ1v) is 24.0. The molecule has 4 nitrogen and oxygen atoms in total. The minimum Gasteiger partial charge on any atom is -0.256 e. The number of rotatable bonds is 5. The van der Waals surface area contributed by atoms with Crippen LogP contribution in [0.4, 0.5) is 0 Å². The van der Waals surface area contributed by atoms with Crippen LogP contribution in [0, 0.1) is 0 Å². The van der Waals surface area contributed by atoms with Gasteiger partial charge in [0.25, 0.3) is 0 Å². The van der Waals surface area contributed by atoms with E-state index in [1.54, 1.807) is 0 Å². The summed E-state index contributed by atoms with van der Waals surface area (Å²) in [7, 11) is 0. The van der Waals surface area contributed by atoms with Gasteiger partial charge in [-0.2, -0.15) is 0 Å². The van der Waals surface area contributed by atoms with Crippen molar-refractivity contribution in [1.29, 1.82) is 0 Å². The van der Waals surface area contributed by atoms with Gasteiger partial charge in [-0.1, -0.05) is 261 Å². The molecule has 4 heteroatoms. The summed E-state index contributed by atoms with van der Waals surface area (Å²) in [6, 6.07) is 101. The van der Waals surface area contributed by atoms with Crippen LogP contribution in [0.25, 0.3) is 88.6 Å². The van der Waals surface area contributed by atoms with Crippen LogP contribution in [0.2, 0.25) is 0 Å². The Morgan fingerprint density at radius 2 is 0.556 bits per heavy atom. The van der Waals surface area contributed by atoms with E-state index in [4.69, 9.17) is 0 Å². The van der Waals surface area contributed by atoms with Crippen molar-refractivity contribution >= 4 is 32.4 Å². The van der Waals surface area contributed by atoms with E-state index in [1.165, 1.54) is 49.2 Å². The van der Waals surface area contributed by atoms with Gasteiger partial charge in [0.05, 0.1) is 28.3 Å². The Morgan fingerprint density at radius 1 is 0.194 bits per heavy atom. The van der Waals surface area contributed by atoms with E-state index >= 15 is 0 Å². The van der Waals surface area contributed by atoms with Crippen LogP contribution in [-0.2, 0) is 0 Å². The minimum absolute atomic E-state index is 1.03. The molecule has 72 heavy (non-hydrogen) atoms. The molecule has 0 bridgehead atoms. The number of para-hydroxylation sites is 1. The van der Waals surface area contributed by atoms with Gasteiger partial charge in [-0.3, -0.25) is 15.0 Å². The molecule has 4 heterocycles. The van der Waals surface area contributed by atoms with Crippen LogP contribution in [-0.4, -0.2) is 19.9 Å². The second-order valence-electron chi connectivity index (χ2n) is 16.6. The van der Waals surface area contributed by atoms with Crippen molar-refractivity contribution in [2.45, 2.75) is 0 Å². The second-order valence-corrected chi connectivity index (χ2v) is 16.6. The van der Waals surface area contributed by atoms with Gasteiger partial charge in [0, 0.05) is 57.0 Å². The van der Waals surface area contributed by atoms with Crippen molar-refractivity contribution in [3.63, 3.8) is 0 Å². The Balaban J connectivity index is 0.000000112. The molecule has 0 unspecified atom stereocenters. The zero-order valence-corrected chi connectivity index (χ0v) is 39.8. The van der Waals surface area contributed by atoms with Crippen LogP contribution in [0.3, 0.4) is 0 Å². The predicted molar refractivity (Wildman–Crippen MR) is 303 cm³/mol. The lowest BCUT2D eigenvalue weighted by Gasteiger charge is -2.04. The molecular weight excluding hydrogens is 873 g/mol. The average Bonchev–Trinajstić information content (AvgIpc) is 3.49. The number of aromatic nitrogens is 4. The SMILES string of the molecule is c1ccc(-c2ccc3ccccc3n2)cc1.c1ccc(-c2ccccc2)cc1.c1ccc(-c2ccccn2)cc1.c1ccc(-c2nccc3ccccc23)cc1.c1ccc(-c2nccc3ccccc23)cc1. The molecule has 4 aromatic heterocycles. The monoisotopic (exact) mass is 924 g/mol. The molecule has 13 rings (SSSR count). The third-order valence-electron chi connectivity index (χ3n) is 11.7. The van der Waals surface area contributed by atoms with E-state index in [-0.39, 0.29) is 0 Å². The first-order chi connectivity index (χ1) is 35.8. The molecule has 0 aliphatic rings. The maximum absolute atomic E-state index is 4.65. The Labute approximate surface area is 422 Å². The second kappa shape index (κ2) is 25.1. The number of fused-ring (bicyclic) bond motifs is 3. The van der Waals surface area contributed by atoms with Gasteiger partial charge in [-0.15, -0.1) is 0 Å². The molecular formula is C68H52N4. The Bertz CT molecular complexity index is 3370. The van der Waals surface area contributed by atoms with E-state index in [9.17, 15) is 0 Å². The number of benzene rings is 9. The van der Waals surface area contributed by atoms with Gasteiger partial charge < -0.3 is 0 Å². The van der Waals surface area contributed by atoms with E-state index in [0.717, 1.165) is 39.4 Å². The van der Waals surface area contributed by atoms with Crippen LogP contribution in [0.1, 0.15) is 0 Å². The predicted octanol–water partition coefficient (Wildman–Crippen LogP) is 17.8. The molecule has 0 atom stereocenters. The summed E-state index contributed by atoms with van der Waals surface area (Å²) in [6.45, 7) is 0. The minimum atomic E-state index is 1.03. The molecule has 0 radical (unpaired) electrons. The Hall–Kier alpha value is -9.64. The van der Waals surface area contributed by atoms with Crippen molar-refractivity contribution in [3.05, 3.63) is 316 Å². The summed E-state index contributed by atoms with van der Waals surface area (Å²) in [6.07, 6.45) is 5.54. The number of hydrogen-bond acceptors (Lipinski definition) is 4. The summed E-state index contributed by atoms with van der Waals surface area (Å²) in [5, 5.41) is 6.06. The van der Waals surface area contributed by atoms with Gasteiger partial charge in [0.1, 0.15) is 0 Å². The van der Waals surface area contributed by atoms with Gasteiger partial charge in [0.2, 0.25) is 0 Å². The van der Waals surface area contributed by atoms with Crippen LogP contribution in [0.15, 0.2) is 316 Å². The molecule has 13 aromatic rings. The van der Waals surface area contributed by atoms with Gasteiger partial charge in [-0.05, 0) is 58.3 Å². The maximum atomic E-state index is 4.65. The van der Waals surface area contributed by atoms with Crippen molar-refractivity contribution in [2.75, 3.05) is 0 Å². The molecule has 0 N–H and O–H groups in total. The van der Waals surface area contributed by atoms with Crippen molar-refractivity contribution in [1.82, 2.24) is 19.9 Å². The largest absolute Gasteiger partial charge is 0.256 e. The van der Waals surface area contributed by atoms with E-state index in [2.05, 4.69) is 184 Å². The molecule has 0 amide bonds. The fraction of sp³-hybridized carbons (Fsp3) is 0. The van der Waals surface area contributed by atoms with Crippen LogP contribution in [0.5, 0.6) is 0 Å². The number of nitrogens with zero attached hydrogens (tertiary/aromatic N) is 4. The van der Waals surface area contributed by atoms with Gasteiger partial charge in [-0.25, -0.2) is 4.98 Å². The highest BCUT2D eigenvalue weighted by molar-refractivity contribution is 5.95. The highest BCUT2D eigenvalue weighted by atomic mass is 14.7. The van der Waals surface area contributed by atoms with E-state index in [0.29, 0.717) is 0 Å². The smallest absolute Gasteiger partial charge is 0.0780 e. The van der Waals surface area contributed by atoms with Gasteiger partial charge in [0.15, 0.2) is 0 Å². The fourth-order valence-electron chi connectivity index (χ4n) is 8.13. The highest BCUT2D eigenvalue weighted by Gasteiger charge is 2.05. The zero-order chi connectivity index (χ0) is 48.8. The molecule has 0 fully saturated rings. The lowest BCUT2D eigenvalue weighted by molar-refractivity contribution is 1.33. The van der Waals surface area contributed by atoms with E-state index < -0.39 is 0 Å². The summed E-state index contributed by atoms with van der Waals surface area (Å²) >= 11 is 0. The first kappa shape index (κ1) is 47.4. The molecule has 0 saturated carbocycles. The molecule has 0 aliphatic carbocycles. The Kier molecular flexibility index (Phi) is 16.5. The zero-order valence-electron chi connectivity index (χ0n) is 39.8.